The minimum absolute atomic E-state index is 0.0757. The molecule has 1 aliphatic heterocycles. The van der Waals surface area contributed by atoms with Gasteiger partial charge in [-0.2, -0.15) is 0 Å². The van der Waals surface area contributed by atoms with Crippen LogP contribution in [-0.2, 0) is 9.53 Å². The first kappa shape index (κ1) is 16.1. The zero-order valence-electron chi connectivity index (χ0n) is 12.5. The molecule has 3 rings (SSSR count). The van der Waals surface area contributed by atoms with Crippen molar-refractivity contribution in [1.82, 2.24) is 0 Å². The Bertz CT molecular complexity index is 845. The fourth-order valence-corrected chi connectivity index (χ4v) is 2.58. The van der Waals surface area contributed by atoms with Gasteiger partial charge in [0, 0.05) is 0 Å². The Balaban J connectivity index is 1.90. The second kappa shape index (κ2) is 6.37. The molecule has 0 aliphatic carbocycles. The lowest BCUT2D eigenvalue weighted by Gasteiger charge is -2.10. The molecule has 1 aliphatic rings. The summed E-state index contributed by atoms with van der Waals surface area (Å²) >= 11 is 3.19. The van der Waals surface area contributed by atoms with Gasteiger partial charge in [-0.3, -0.25) is 4.79 Å². The lowest BCUT2D eigenvalue weighted by molar-refractivity contribution is -0.114. The molecule has 122 valence electrons. The number of phenolic OH excluding ortho intramolecular Hbond substituents is 1. The Kier molecular flexibility index (Phi) is 4.26. The number of hydrogen-bond donors (Lipinski definition) is 1. The Labute approximate surface area is 146 Å². The van der Waals surface area contributed by atoms with Crippen LogP contribution in [0.4, 0.5) is 10.5 Å². The molecule has 24 heavy (non-hydrogen) atoms. The normalized spacial score (nSPS) is 15.8. The van der Waals surface area contributed by atoms with E-state index >= 15 is 0 Å². The highest BCUT2D eigenvalue weighted by molar-refractivity contribution is 9.10. The Morgan fingerprint density at radius 1 is 1.17 bits per heavy atom. The number of phenols is 1. The molecule has 1 saturated heterocycles. The van der Waals surface area contributed by atoms with Crippen LogP contribution in [0, 0.1) is 0 Å². The Hall–Kier alpha value is -2.80. The first-order valence-corrected chi connectivity index (χ1v) is 7.69. The first-order chi connectivity index (χ1) is 11.5. The number of hydrogen-bond acceptors (Lipinski definition) is 5. The number of anilines is 1. The molecule has 0 saturated carbocycles. The van der Waals surface area contributed by atoms with Crippen molar-refractivity contribution < 1.29 is 24.2 Å². The molecular weight excluding hydrogens is 378 g/mol. The number of methoxy groups -OCH3 is 1. The van der Waals surface area contributed by atoms with Gasteiger partial charge in [-0.1, -0.05) is 6.07 Å². The third-order valence-corrected chi connectivity index (χ3v) is 4.03. The quantitative estimate of drug-likeness (QED) is 0.810. The molecular formula is C17H12BrNO5. The summed E-state index contributed by atoms with van der Waals surface area (Å²) in [7, 11) is 1.53. The summed E-state index contributed by atoms with van der Waals surface area (Å²) in [6.45, 7) is 0. The average molecular weight is 390 g/mol. The lowest BCUT2D eigenvalue weighted by atomic mass is 10.2. The summed E-state index contributed by atoms with van der Waals surface area (Å²) in [6.07, 6.45) is 0.669. The second-order valence-electron chi connectivity index (χ2n) is 4.93. The number of carbonyl (C=O) groups is 2. The van der Waals surface area contributed by atoms with Gasteiger partial charge in [-0.25, -0.2) is 9.69 Å². The van der Waals surface area contributed by atoms with Crippen molar-refractivity contribution in [2.45, 2.75) is 0 Å². The lowest BCUT2D eigenvalue weighted by Crippen LogP contribution is -2.28. The summed E-state index contributed by atoms with van der Waals surface area (Å²) < 4.78 is 10.6. The van der Waals surface area contributed by atoms with E-state index in [1.807, 2.05) is 0 Å². The number of benzene rings is 2. The molecule has 1 N–H and O–H groups in total. The molecule has 0 spiro atoms. The van der Waals surface area contributed by atoms with Crippen molar-refractivity contribution in [1.29, 1.82) is 0 Å². The molecule has 2 amide bonds. The molecule has 0 bridgehead atoms. The summed E-state index contributed by atoms with van der Waals surface area (Å²) in [5, 5.41) is 9.49. The number of amides is 2. The molecule has 0 radical (unpaired) electrons. The van der Waals surface area contributed by atoms with Crippen LogP contribution in [0.25, 0.3) is 6.08 Å². The van der Waals surface area contributed by atoms with Crippen molar-refractivity contribution in [3.05, 3.63) is 58.3 Å². The van der Waals surface area contributed by atoms with Crippen LogP contribution in [0.3, 0.4) is 0 Å². The molecule has 1 fully saturated rings. The molecule has 0 atom stereocenters. The van der Waals surface area contributed by atoms with Crippen molar-refractivity contribution in [3.63, 3.8) is 0 Å². The third-order valence-electron chi connectivity index (χ3n) is 3.39. The fourth-order valence-electron chi connectivity index (χ4n) is 2.19. The van der Waals surface area contributed by atoms with Crippen LogP contribution in [0.5, 0.6) is 11.5 Å². The SMILES string of the molecule is COc1ccc(N2C(=O)OC(=Cc3ccc(O)c(Br)c3)C2=O)cc1. The Morgan fingerprint density at radius 3 is 2.50 bits per heavy atom. The van der Waals surface area contributed by atoms with E-state index < -0.39 is 12.0 Å². The first-order valence-electron chi connectivity index (χ1n) is 6.90. The fraction of sp³-hybridized carbons (Fsp3) is 0.0588. The largest absolute Gasteiger partial charge is 0.507 e. The van der Waals surface area contributed by atoms with E-state index in [-0.39, 0.29) is 11.5 Å². The number of aromatic hydroxyl groups is 1. The highest BCUT2D eigenvalue weighted by atomic mass is 79.9. The maximum absolute atomic E-state index is 12.4. The van der Waals surface area contributed by atoms with Gasteiger partial charge in [0.25, 0.3) is 0 Å². The van der Waals surface area contributed by atoms with E-state index in [0.717, 1.165) is 4.90 Å². The van der Waals surface area contributed by atoms with Gasteiger partial charge < -0.3 is 14.6 Å². The summed E-state index contributed by atoms with van der Waals surface area (Å²) in [4.78, 5) is 25.4. The van der Waals surface area contributed by atoms with Gasteiger partial charge in [0.05, 0.1) is 17.3 Å². The molecule has 6 nitrogen and oxygen atoms in total. The number of rotatable bonds is 3. The molecule has 0 unspecified atom stereocenters. The topological polar surface area (TPSA) is 76.1 Å². The van der Waals surface area contributed by atoms with Gasteiger partial charge in [0.1, 0.15) is 11.5 Å². The number of carbonyl (C=O) groups excluding carboxylic acids is 2. The molecule has 1 heterocycles. The number of cyclic esters (lactones) is 1. The van der Waals surface area contributed by atoms with E-state index in [9.17, 15) is 14.7 Å². The van der Waals surface area contributed by atoms with Crippen LogP contribution in [0.2, 0.25) is 0 Å². The molecule has 2 aromatic rings. The summed E-state index contributed by atoms with van der Waals surface area (Å²) in [6, 6.07) is 11.2. The van der Waals surface area contributed by atoms with E-state index in [4.69, 9.17) is 9.47 Å². The van der Waals surface area contributed by atoms with E-state index in [1.54, 1.807) is 36.4 Å². The standard InChI is InChI=1S/C17H12BrNO5/c1-23-12-5-3-11(4-6-12)19-16(21)15(24-17(19)22)9-10-2-7-14(20)13(18)8-10/h2-9,20H,1H3. The van der Waals surface area contributed by atoms with Crippen LogP contribution in [0.1, 0.15) is 5.56 Å². The number of nitrogens with zero attached hydrogens (tertiary/aromatic N) is 1. The van der Waals surface area contributed by atoms with Crippen molar-refractivity contribution >= 4 is 39.7 Å². The van der Waals surface area contributed by atoms with Gasteiger partial charge in [-0.05, 0) is 64.0 Å². The maximum Gasteiger partial charge on any atom is 0.427 e. The van der Waals surface area contributed by atoms with Gasteiger partial charge in [0.2, 0.25) is 0 Å². The zero-order chi connectivity index (χ0) is 17.3. The van der Waals surface area contributed by atoms with E-state index in [0.29, 0.717) is 21.5 Å². The zero-order valence-corrected chi connectivity index (χ0v) is 14.1. The Morgan fingerprint density at radius 2 is 1.88 bits per heavy atom. The van der Waals surface area contributed by atoms with Gasteiger partial charge >= 0.3 is 12.0 Å². The van der Waals surface area contributed by atoms with Gasteiger partial charge in [-0.15, -0.1) is 0 Å². The highest BCUT2D eigenvalue weighted by Gasteiger charge is 2.37. The van der Waals surface area contributed by atoms with Crippen molar-refractivity contribution in [2.24, 2.45) is 0 Å². The predicted octanol–water partition coefficient (Wildman–Crippen LogP) is 3.69. The smallest absolute Gasteiger partial charge is 0.427 e. The van der Waals surface area contributed by atoms with Crippen molar-refractivity contribution in [3.8, 4) is 11.5 Å². The minimum Gasteiger partial charge on any atom is -0.507 e. The second-order valence-corrected chi connectivity index (χ2v) is 5.78. The van der Waals surface area contributed by atoms with Crippen molar-refractivity contribution in [2.75, 3.05) is 12.0 Å². The summed E-state index contributed by atoms with van der Waals surface area (Å²) in [5.74, 6) is 0.0398. The maximum atomic E-state index is 12.4. The molecule has 2 aromatic carbocycles. The van der Waals surface area contributed by atoms with Crippen LogP contribution < -0.4 is 9.64 Å². The predicted molar refractivity (Wildman–Crippen MR) is 90.7 cm³/mol. The minimum atomic E-state index is -0.769. The average Bonchev–Trinajstić information content (AvgIpc) is 2.85. The third kappa shape index (κ3) is 2.98. The summed E-state index contributed by atoms with van der Waals surface area (Å²) in [5.41, 5.74) is 0.994. The number of halogens is 1. The van der Waals surface area contributed by atoms with E-state index in [1.165, 1.54) is 19.3 Å². The van der Waals surface area contributed by atoms with Crippen LogP contribution in [0.15, 0.2) is 52.7 Å². The molecule has 7 heteroatoms. The highest BCUT2D eigenvalue weighted by Crippen LogP contribution is 2.29. The number of imide groups is 1. The molecule has 0 aromatic heterocycles. The van der Waals surface area contributed by atoms with Crippen LogP contribution in [-0.4, -0.2) is 24.2 Å². The monoisotopic (exact) mass is 389 g/mol. The van der Waals surface area contributed by atoms with E-state index in [2.05, 4.69) is 15.9 Å². The van der Waals surface area contributed by atoms with Gasteiger partial charge in [0.15, 0.2) is 5.76 Å². The van der Waals surface area contributed by atoms with Crippen LogP contribution >= 0.6 is 15.9 Å². The number of ether oxygens (including phenoxy) is 2.